The number of nitrogens with one attached hydrogen (secondary N) is 1. The molecule has 7 nitrogen and oxygen atoms in total. The van der Waals surface area contributed by atoms with E-state index in [-0.39, 0.29) is 11.7 Å². The van der Waals surface area contributed by atoms with Gasteiger partial charge in [0.15, 0.2) is 5.11 Å². The monoisotopic (exact) mass is 318 g/mol. The minimum absolute atomic E-state index is 0.0582. The molecule has 0 saturated heterocycles. The van der Waals surface area contributed by atoms with Crippen LogP contribution in [0.2, 0.25) is 0 Å². The van der Waals surface area contributed by atoms with Crippen LogP contribution in [-0.2, 0) is 4.74 Å². The Labute approximate surface area is 132 Å². The number of hydrogen-bond acceptors (Lipinski definition) is 6. The largest absolute Gasteiger partial charge is 0.513 e. The molecule has 0 bridgehead atoms. The lowest BCUT2D eigenvalue weighted by atomic mass is 10.1. The molecule has 22 heavy (non-hydrogen) atoms. The van der Waals surface area contributed by atoms with Crippen LogP contribution in [0.15, 0.2) is 35.6 Å². The number of fused-ring (bicyclic) bond motifs is 1. The van der Waals surface area contributed by atoms with E-state index in [4.69, 9.17) is 15.2 Å². The molecule has 0 unspecified atom stereocenters. The molecule has 0 amide bonds. The third-order valence-corrected chi connectivity index (χ3v) is 2.71. The number of hydrazone groups is 1. The van der Waals surface area contributed by atoms with E-state index in [0.29, 0.717) is 16.8 Å². The average Bonchev–Trinajstić information content (AvgIpc) is 2.48. The van der Waals surface area contributed by atoms with Crippen LogP contribution in [0.4, 0.5) is 4.79 Å². The smallest absolute Gasteiger partial charge is 0.434 e. The number of hydrogen-bond donors (Lipinski definition) is 2. The normalized spacial score (nSPS) is 10.6. The first kappa shape index (κ1) is 15.6. The van der Waals surface area contributed by atoms with E-state index in [1.54, 1.807) is 31.3 Å². The molecule has 0 aliphatic rings. The number of nitrogens with two attached hydrogens (primary N) is 1. The number of nitrogens with zero attached hydrogens (tertiary/aromatic N) is 2. The molecule has 0 spiro atoms. The van der Waals surface area contributed by atoms with Crippen molar-refractivity contribution in [1.29, 1.82) is 0 Å². The van der Waals surface area contributed by atoms with Gasteiger partial charge in [-0.3, -0.25) is 10.4 Å². The number of thiocarbonyl (C=S) groups is 1. The number of benzene rings is 1. The Morgan fingerprint density at radius 1 is 1.45 bits per heavy atom. The number of carbonyl (C=O) groups is 1. The van der Waals surface area contributed by atoms with Crippen LogP contribution >= 0.6 is 12.2 Å². The van der Waals surface area contributed by atoms with Crippen molar-refractivity contribution in [2.75, 3.05) is 6.61 Å². The maximum atomic E-state index is 11.5. The van der Waals surface area contributed by atoms with Crippen molar-refractivity contribution in [3.63, 3.8) is 0 Å². The summed E-state index contributed by atoms with van der Waals surface area (Å²) < 4.78 is 9.95. The molecule has 0 atom stereocenters. The molecule has 8 heteroatoms. The highest BCUT2D eigenvalue weighted by molar-refractivity contribution is 7.80. The van der Waals surface area contributed by atoms with Crippen LogP contribution in [0.5, 0.6) is 5.75 Å². The summed E-state index contributed by atoms with van der Waals surface area (Å²) in [5.41, 5.74) is 8.33. The Balaban J connectivity index is 2.35. The quantitative estimate of drug-likeness (QED) is 0.292. The molecule has 0 aliphatic heterocycles. The highest BCUT2D eigenvalue weighted by atomic mass is 32.1. The third-order valence-electron chi connectivity index (χ3n) is 2.61. The van der Waals surface area contributed by atoms with Crippen molar-refractivity contribution in [2.24, 2.45) is 10.8 Å². The minimum Gasteiger partial charge on any atom is -0.434 e. The molecule has 0 radical (unpaired) electrons. The van der Waals surface area contributed by atoms with E-state index in [1.165, 1.54) is 6.21 Å². The first-order chi connectivity index (χ1) is 10.6. The van der Waals surface area contributed by atoms with E-state index < -0.39 is 6.16 Å². The molecule has 0 aliphatic carbocycles. The zero-order valence-corrected chi connectivity index (χ0v) is 12.6. The van der Waals surface area contributed by atoms with Gasteiger partial charge < -0.3 is 15.2 Å². The summed E-state index contributed by atoms with van der Waals surface area (Å²) in [5.74, 6) is 0.385. The van der Waals surface area contributed by atoms with Crippen LogP contribution in [0.1, 0.15) is 12.6 Å². The van der Waals surface area contributed by atoms with Gasteiger partial charge >= 0.3 is 6.16 Å². The summed E-state index contributed by atoms with van der Waals surface area (Å²) in [6.45, 7) is 1.95. The molecule has 0 fully saturated rings. The van der Waals surface area contributed by atoms with Crippen molar-refractivity contribution >= 4 is 40.5 Å². The van der Waals surface area contributed by atoms with Gasteiger partial charge in [-0.25, -0.2) is 4.79 Å². The maximum Gasteiger partial charge on any atom is 0.513 e. The fourth-order valence-electron chi connectivity index (χ4n) is 1.79. The summed E-state index contributed by atoms with van der Waals surface area (Å²) in [6, 6.07) is 7.00. The van der Waals surface area contributed by atoms with Gasteiger partial charge in [0.2, 0.25) is 0 Å². The van der Waals surface area contributed by atoms with Crippen molar-refractivity contribution < 1.29 is 14.3 Å². The van der Waals surface area contributed by atoms with E-state index in [1.807, 2.05) is 6.07 Å². The minimum atomic E-state index is -0.753. The summed E-state index contributed by atoms with van der Waals surface area (Å²) in [6.07, 6.45) is 2.31. The molecular formula is C14H14N4O3S. The van der Waals surface area contributed by atoms with Crippen molar-refractivity contribution in [2.45, 2.75) is 6.92 Å². The van der Waals surface area contributed by atoms with Gasteiger partial charge in [-0.05, 0) is 31.3 Å². The predicted molar refractivity (Wildman–Crippen MR) is 86.9 cm³/mol. The molecule has 1 aromatic carbocycles. The van der Waals surface area contributed by atoms with Gasteiger partial charge in [0.25, 0.3) is 0 Å². The Hall–Kier alpha value is -2.74. The van der Waals surface area contributed by atoms with E-state index in [2.05, 4.69) is 27.7 Å². The van der Waals surface area contributed by atoms with E-state index in [0.717, 1.165) is 5.39 Å². The second-order valence-corrected chi connectivity index (χ2v) is 4.51. The van der Waals surface area contributed by atoms with Gasteiger partial charge in [-0.15, -0.1) is 0 Å². The number of pyridine rings is 1. The predicted octanol–water partition coefficient (Wildman–Crippen LogP) is 1.94. The fourth-order valence-corrected chi connectivity index (χ4v) is 1.84. The van der Waals surface area contributed by atoms with Crippen molar-refractivity contribution in [1.82, 2.24) is 10.4 Å². The lowest BCUT2D eigenvalue weighted by molar-refractivity contribution is 0.105. The maximum absolute atomic E-state index is 11.5. The SMILES string of the molecule is CCOC(=O)Oc1cccc2c(C=NNC(N)=S)nccc12. The summed E-state index contributed by atoms with van der Waals surface area (Å²) in [4.78, 5) is 15.7. The standard InChI is InChI=1S/C14H14N4O3S/c1-2-20-14(19)21-12-5-3-4-9-10(12)6-7-16-11(9)8-17-18-13(15)22/h3-8H,2H2,1H3,(H3,15,18,22). The van der Waals surface area contributed by atoms with Gasteiger partial charge in [0.05, 0.1) is 18.5 Å². The molecule has 0 saturated carbocycles. The first-order valence-electron chi connectivity index (χ1n) is 6.42. The van der Waals surface area contributed by atoms with Gasteiger partial charge in [0.1, 0.15) is 5.75 Å². The van der Waals surface area contributed by atoms with Crippen LogP contribution < -0.4 is 15.9 Å². The second kappa shape index (κ2) is 7.32. The molecule has 1 heterocycles. The Kier molecular flexibility index (Phi) is 5.21. The van der Waals surface area contributed by atoms with Gasteiger partial charge in [0, 0.05) is 17.0 Å². The van der Waals surface area contributed by atoms with Crippen molar-refractivity contribution in [3.05, 3.63) is 36.2 Å². The molecule has 1 aromatic heterocycles. The lowest BCUT2D eigenvalue weighted by Crippen LogP contribution is -2.24. The summed E-state index contributed by atoms with van der Waals surface area (Å²) in [5, 5.41) is 5.41. The van der Waals surface area contributed by atoms with Crippen LogP contribution in [0.3, 0.4) is 0 Å². The first-order valence-corrected chi connectivity index (χ1v) is 6.83. The number of ether oxygens (including phenoxy) is 2. The van der Waals surface area contributed by atoms with Crippen LogP contribution in [0, 0.1) is 0 Å². The summed E-state index contributed by atoms with van der Waals surface area (Å²) in [7, 11) is 0. The highest BCUT2D eigenvalue weighted by Crippen LogP contribution is 2.26. The highest BCUT2D eigenvalue weighted by Gasteiger charge is 2.10. The van der Waals surface area contributed by atoms with Crippen LogP contribution in [-0.4, -0.2) is 29.1 Å². The Morgan fingerprint density at radius 2 is 2.27 bits per heavy atom. The zero-order valence-electron chi connectivity index (χ0n) is 11.8. The van der Waals surface area contributed by atoms with Gasteiger partial charge in [-0.1, -0.05) is 12.1 Å². The molecule has 114 valence electrons. The van der Waals surface area contributed by atoms with Crippen LogP contribution in [0.25, 0.3) is 10.8 Å². The fraction of sp³-hybridized carbons (Fsp3) is 0.143. The molecule has 3 N–H and O–H groups in total. The molecular weight excluding hydrogens is 304 g/mol. The molecule has 2 rings (SSSR count). The van der Waals surface area contributed by atoms with Crippen molar-refractivity contribution in [3.8, 4) is 5.75 Å². The average molecular weight is 318 g/mol. The third kappa shape index (κ3) is 3.89. The van der Waals surface area contributed by atoms with Gasteiger partial charge in [-0.2, -0.15) is 5.10 Å². The second-order valence-electron chi connectivity index (χ2n) is 4.07. The Bertz CT molecular complexity index is 733. The molecule has 2 aromatic rings. The van der Waals surface area contributed by atoms with E-state index in [9.17, 15) is 4.79 Å². The number of aromatic nitrogens is 1. The number of carbonyl (C=O) groups excluding carboxylic acids is 1. The summed E-state index contributed by atoms with van der Waals surface area (Å²) >= 11 is 4.66. The zero-order chi connectivity index (χ0) is 15.9. The number of rotatable bonds is 4. The van der Waals surface area contributed by atoms with E-state index >= 15 is 0 Å². The lowest BCUT2D eigenvalue weighted by Gasteiger charge is -2.08. The Morgan fingerprint density at radius 3 is 3.00 bits per heavy atom. The topological polar surface area (TPSA) is 98.8 Å².